The molecule has 0 aliphatic carbocycles. The predicted octanol–water partition coefficient (Wildman–Crippen LogP) is 2.53. The van der Waals surface area contributed by atoms with Crippen molar-refractivity contribution >= 4 is 5.91 Å². The van der Waals surface area contributed by atoms with E-state index in [2.05, 4.69) is 17.6 Å². The Kier molecular flexibility index (Phi) is 7.37. The first kappa shape index (κ1) is 18.6. The second-order valence-corrected chi connectivity index (χ2v) is 6.26. The number of hydrogen-bond donors (Lipinski definition) is 2. The molecule has 5 nitrogen and oxygen atoms in total. The van der Waals surface area contributed by atoms with Gasteiger partial charge in [-0.25, -0.2) is 0 Å². The maximum atomic E-state index is 12.3. The molecule has 0 unspecified atom stereocenters. The largest absolute Gasteiger partial charge is 0.490 e. The molecule has 0 bridgehead atoms. The van der Waals surface area contributed by atoms with E-state index in [1.807, 2.05) is 32.0 Å². The SMILES string of the molecule is CCOc1ccc(CCNC(=O)[C@H]2CCN[C@@H](C)C2)cc1OCC. The molecule has 2 rings (SSSR count). The molecule has 5 heteroatoms. The van der Waals surface area contributed by atoms with Crippen LogP contribution in [0.4, 0.5) is 0 Å². The zero-order chi connectivity index (χ0) is 17.4. The maximum absolute atomic E-state index is 12.3. The van der Waals surface area contributed by atoms with Crippen LogP contribution >= 0.6 is 0 Å². The minimum atomic E-state index is 0.139. The summed E-state index contributed by atoms with van der Waals surface area (Å²) < 4.78 is 11.2. The molecule has 2 atom stereocenters. The molecule has 0 spiro atoms. The topological polar surface area (TPSA) is 59.6 Å². The lowest BCUT2D eigenvalue weighted by molar-refractivity contribution is -0.126. The fraction of sp³-hybridized carbons (Fsp3) is 0.632. The molecule has 1 saturated heterocycles. The maximum Gasteiger partial charge on any atom is 0.223 e. The number of nitrogens with one attached hydrogen (secondary N) is 2. The highest BCUT2D eigenvalue weighted by Crippen LogP contribution is 2.28. The zero-order valence-corrected chi connectivity index (χ0v) is 15.1. The molecule has 1 aromatic carbocycles. The summed E-state index contributed by atoms with van der Waals surface area (Å²) in [6.07, 6.45) is 2.63. The molecule has 1 amide bonds. The molecule has 2 N–H and O–H groups in total. The van der Waals surface area contributed by atoms with Crippen LogP contribution < -0.4 is 20.1 Å². The van der Waals surface area contributed by atoms with Crippen LogP contribution in [-0.2, 0) is 11.2 Å². The Morgan fingerprint density at radius 1 is 1.25 bits per heavy atom. The van der Waals surface area contributed by atoms with Gasteiger partial charge in [-0.1, -0.05) is 6.07 Å². The lowest BCUT2D eigenvalue weighted by Crippen LogP contribution is -2.42. The van der Waals surface area contributed by atoms with Crippen molar-refractivity contribution in [3.63, 3.8) is 0 Å². The Morgan fingerprint density at radius 2 is 2.00 bits per heavy atom. The molecule has 0 aromatic heterocycles. The van der Waals surface area contributed by atoms with E-state index in [0.717, 1.165) is 42.9 Å². The van der Waals surface area contributed by atoms with Gasteiger partial charge in [-0.3, -0.25) is 4.79 Å². The standard InChI is InChI=1S/C19H30N2O3/c1-4-23-17-7-6-15(13-18(17)24-5-2)8-10-21-19(22)16-9-11-20-14(3)12-16/h6-7,13-14,16,20H,4-5,8-12H2,1-3H3,(H,21,22)/t14-,16-/m0/s1. The number of ether oxygens (including phenoxy) is 2. The van der Waals surface area contributed by atoms with Crippen molar-refractivity contribution < 1.29 is 14.3 Å². The van der Waals surface area contributed by atoms with Gasteiger partial charge in [-0.15, -0.1) is 0 Å². The quantitative estimate of drug-likeness (QED) is 0.767. The monoisotopic (exact) mass is 334 g/mol. The Labute approximate surface area is 145 Å². The van der Waals surface area contributed by atoms with E-state index < -0.39 is 0 Å². The van der Waals surface area contributed by atoms with Crippen LogP contribution in [0.2, 0.25) is 0 Å². The number of benzene rings is 1. The van der Waals surface area contributed by atoms with Gasteiger partial charge in [0.1, 0.15) is 0 Å². The molecular formula is C19H30N2O3. The van der Waals surface area contributed by atoms with Gasteiger partial charge in [0.05, 0.1) is 13.2 Å². The Hall–Kier alpha value is -1.75. The van der Waals surface area contributed by atoms with E-state index in [-0.39, 0.29) is 11.8 Å². The summed E-state index contributed by atoms with van der Waals surface area (Å²) >= 11 is 0. The molecule has 24 heavy (non-hydrogen) atoms. The smallest absolute Gasteiger partial charge is 0.223 e. The van der Waals surface area contributed by atoms with E-state index in [4.69, 9.17) is 9.47 Å². The van der Waals surface area contributed by atoms with Gasteiger partial charge in [0.15, 0.2) is 11.5 Å². The summed E-state index contributed by atoms with van der Waals surface area (Å²) in [5.41, 5.74) is 1.14. The lowest BCUT2D eigenvalue weighted by Gasteiger charge is -2.27. The van der Waals surface area contributed by atoms with Crippen LogP contribution in [-0.4, -0.2) is 38.3 Å². The zero-order valence-electron chi connectivity index (χ0n) is 15.1. The summed E-state index contributed by atoms with van der Waals surface area (Å²) in [4.78, 5) is 12.3. The third-order valence-electron chi connectivity index (χ3n) is 4.32. The summed E-state index contributed by atoms with van der Waals surface area (Å²) in [6, 6.07) is 6.41. The van der Waals surface area contributed by atoms with Crippen LogP contribution in [0.5, 0.6) is 11.5 Å². The third-order valence-corrected chi connectivity index (χ3v) is 4.32. The predicted molar refractivity (Wildman–Crippen MR) is 95.7 cm³/mol. The number of hydrogen-bond acceptors (Lipinski definition) is 4. The third kappa shape index (κ3) is 5.41. The van der Waals surface area contributed by atoms with Crippen molar-refractivity contribution in [1.29, 1.82) is 0 Å². The summed E-state index contributed by atoms with van der Waals surface area (Å²) in [7, 11) is 0. The van der Waals surface area contributed by atoms with E-state index in [1.165, 1.54) is 0 Å². The number of carbonyl (C=O) groups excluding carboxylic acids is 1. The average molecular weight is 334 g/mol. The Bertz CT molecular complexity index is 533. The summed E-state index contributed by atoms with van der Waals surface area (Å²) in [6.45, 7) is 8.85. The highest BCUT2D eigenvalue weighted by molar-refractivity contribution is 5.78. The minimum absolute atomic E-state index is 0.139. The highest BCUT2D eigenvalue weighted by atomic mass is 16.5. The molecule has 1 aliphatic rings. The highest BCUT2D eigenvalue weighted by Gasteiger charge is 2.24. The van der Waals surface area contributed by atoms with Crippen molar-refractivity contribution in [2.45, 2.75) is 46.1 Å². The molecular weight excluding hydrogens is 304 g/mol. The number of amides is 1. The van der Waals surface area contributed by atoms with Gasteiger partial charge >= 0.3 is 0 Å². The molecule has 1 fully saturated rings. The molecule has 1 aromatic rings. The molecule has 0 saturated carbocycles. The van der Waals surface area contributed by atoms with Crippen molar-refractivity contribution in [3.8, 4) is 11.5 Å². The summed E-state index contributed by atoms with van der Waals surface area (Å²) in [5.74, 6) is 1.87. The number of rotatable bonds is 8. The van der Waals surface area contributed by atoms with Crippen LogP contribution in [0, 0.1) is 5.92 Å². The van der Waals surface area contributed by atoms with E-state index in [1.54, 1.807) is 0 Å². The van der Waals surface area contributed by atoms with Gasteiger partial charge in [-0.2, -0.15) is 0 Å². The normalized spacial score (nSPS) is 20.5. The van der Waals surface area contributed by atoms with Crippen molar-refractivity contribution in [3.05, 3.63) is 23.8 Å². The van der Waals surface area contributed by atoms with Crippen molar-refractivity contribution in [2.75, 3.05) is 26.3 Å². The van der Waals surface area contributed by atoms with Crippen LogP contribution in [0.25, 0.3) is 0 Å². The van der Waals surface area contributed by atoms with Crippen molar-refractivity contribution in [1.82, 2.24) is 10.6 Å². The Morgan fingerprint density at radius 3 is 2.71 bits per heavy atom. The second kappa shape index (κ2) is 9.52. The van der Waals surface area contributed by atoms with Gasteiger partial charge in [0, 0.05) is 18.5 Å². The molecule has 0 radical (unpaired) electrons. The van der Waals surface area contributed by atoms with Crippen LogP contribution in [0.15, 0.2) is 18.2 Å². The van der Waals surface area contributed by atoms with E-state index in [0.29, 0.717) is 25.8 Å². The lowest BCUT2D eigenvalue weighted by atomic mass is 9.92. The van der Waals surface area contributed by atoms with Gasteiger partial charge < -0.3 is 20.1 Å². The first-order valence-electron chi connectivity index (χ1n) is 9.03. The van der Waals surface area contributed by atoms with Gasteiger partial charge in [-0.05, 0) is 64.3 Å². The van der Waals surface area contributed by atoms with Crippen molar-refractivity contribution in [2.24, 2.45) is 5.92 Å². The molecule has 1 heterocycles. The van der Waals surface area contributed by atoms with Crippen LogP contribution in [0.1, 0.15) is 39.2 Å². The number of piperidine rings is 1. The van der Waals surface area contributed by atoms with Gasteiger partial charge in [0.2, 0.25) is 5.91 Å². The molecule has 134 valence electrons. The fourth-order valence-electron chi connectivity index (χ4n) is 3.10. The fourth-order valence-corrected chi connectivity index (χ4v) is 3.10. The van der Waals surface area contributed by atoms with Gasteiger partial charge in [0.25, 0.3) is 0 Å². The minimum Gasteiger partial charge on any atom is -0.490 e. The first-order chi connectivity index (χ1) is 11.6. The second-order valence-electron chi connectivity index (χ2n) is 6.26. The van der Waals surface area contributed by atoms with E-state index in [9.17, 15) is 4.79 Å². The van der Waals surface area contributed by atoms with E-state index >= 15 is 0 Å². The Balaban J connectivity index is 1.85. The molecule has 1 aliphatic heterocycles. The summed E-state index contributed by atoms with van der Waals surface area (Å²) in [5, 5.41) is 6.45. The first-order valence-corrected chi connectivity index (χ1v) is 9.03. The van der Waals surface area contributed by atoms with Crippen LogP contribution in [0.3, 0.4) is 0 Å². The average Bonchev–Trinajstić information content (AvgIpc) is 2.57. The number of carbonyl (C=O) groups is 1.